The number of hydrogen-bond acceptors (Lipinski definition) is 2. The number of aliphatic hydroxyl groups is 1. The molecule has 1 unspecified atom stereocenters. The van der Waals surface area contributed by atoms with Crippen LogP contribution in [-0.2, 0) is 0 Å². The third-order valence-electron chi connectivity index (χ3n) is 3.73. The number of aliphatic hydroxyl groups excluding tert-OH is 1. The Kier molecular flexibility index (Phi) is 2.81. The summed E-state index contributed by atoms with van der Waals surface area (Å²) in [4.78, 5) is 0. The molecule has 1 aromatic rings. The van der Waals surface area contributed by atoms with Gasteiger partial charge in [-0.15, -0.1) is 0 Å². The van der Waals surface area contributed by atoms with Crippen molar-refractivity contribution in [3.63, 3.8) is 0 Å². The van der Waals surface area contributed by atoms with Gasteiger partial charge in [-0.25, -0.2) is 0 Å². The summed E-state index contributed by atoms with van der Waals surface area (Å²) in [7, 11) is 0. The lowest BCUT2D eigenvalue weighted by molar-refractivity contribution is 0.0184. The van der Waals surface area contributed by atoms with Gasteiger partial charge in [0.1, 0.15) is 0 Å². The van der Waals surface area contributed by atoms with Crippen LogP contribution in [0.1, 0.15) is 36.4 Å². The molecule has 0 heterocycles. The summed E-state index contributed by atoms with van der Waals surface area (Å²) in [6, 6.07) is 8.28. The highest BCUT2D eigenvalue weighted by molar-refractivity contribution is 5.27. The highest BCUT2D eigenvalue weighted by Gasteiger charge is 2.42. The van der Waals surface area contributed by atoms with Crippen molar-refractivity contribution in [3.8, 4) is 0 Å². The Hall–Kier alpha value is -0.860. The van der Waals surface area contributed by atoms with Crippen molar-refractivity contribution in [1.29, 1.82) is 0 Å². The second kappa shape index (κ2) is 3.95. The summed E-state index contributed by atoms with van der Waals surface area (Å²) in [5.74, 6) is 0. The summed E-state index contributed by atoms with van der Waals surface area (Å²) in [5, 5.41) is 9.46. The van der Waals surface area contributed by atoms with Gasteiger partial charge >= 0.3 is 0 Å². The number of nitrogens with two attached hydrogens (primary N) is 1. The average molecular weight is 205 g/mol. The van der Waals surface area contributed by atoms with Gasteiger partial charge in [0, 0.05) is 11.5 Å². The quantitative estimate of drug-likeness (QED) is 0.794. The van der Waals surface area contributed by atoms with Gasteiger partial charge in [0.2, 0.25) is 0 Å². The van der Waals surface area contributed by atoms with E-state index in [0.29, 0.717) is 0 Å². The van der Waals surface area contributed by atoms with Crippen molar-refractivity contribution in [1.82, 2.24) is 0 Å². The number of rotatable bonds is 3. The van der Waals surface area contributed by atoms with Crippen LogP contribution in [0.15, 0.2) is 24.3 Å². The van der Waals surface area contributed by atoms with E-state index in [1.54, 1.807) is 0 Å². The Morgan fingerprint density at radius 3 is 2.67 bits per heavy atom. The third kappa shape index (κ3) is 1.80. The zero-order valence-electron chi connectivity index (χ0n) is 9.24. The van der Waals surface area contributed by atoms with E-state index in [4.69, 9.17) is 5.73 Å². The van der Waals surface area contributed by atoms with Crippen molar-refractivity contribution in [2.75, 3.05) is 6.61 Å². The fourth-order valence-corrected chi connectivity index (χ4v) is 2.42. The van der Waals surface area contributed by atoms with Gasteiger partial charge in [0.15, 0.2) is 0 Å². The maximum absolute atomic E-state index is 9.46. The van der Waals surface area contributed by atoms with E-state index in [9.17, 15) is 5.11 Å². The van der Waals surface area contributed by atoms with Gasteiger partial charge in [0.25, 0.3) is 0 Å². The lowest BCUT2D eigenvalue weighted by atomic mass is 9.63. The summed E-state index contributed by atoms with van der Waals surface area (Å²) in [6.45, 7) is 2.28. The molecule has 1 atom stereocenters. The van der Waals surface area contributed by atoms with Crippen molar-refractivity contribution >= 4 is 0 Å². The van der Waals surface area contributed by atoms with E-state index in [0.717, 1.165) is 18.4 Å². The first kappa shape index (κ1) is 10.7. The Morgan fingerprint density at radius 1 is 1.47 bits per heavy atom. The Balaban J connectivity index is 2.23. The molecule has 0 spiro atoms. The zero-order chi connectivity index (χ0) is 10.9. The molecule has 2 nitrogen and oxygen atoms in total. The van der Waals surface area contributed by atoms with Gasteiger partial charge in [-0.1, -0.05) is 36.2 Å². The smallest absolute Gasteiger partial charge is 0.0505 e. The average Bonchev–Trinajstić information content (AvgIpc) is 2.17. The molecule has 0 saturated heterocycles. The van der Waals surface area contributed by atoms with Crippen molar-refractivity contribution in [2.45, 2.75) is 32.2 Å². The third-order valence-corrected chi connectivity index (χ3v) is 3.73. The minimum absolute atomic E-state index is 0.0175. The Labute approximate surface area is 91.1 Å². The van der Waals surface area contributed by atoms with E-state index in [1.165, 1.54) is 12.0 Å². The normalized spacial score (nSPS) is 20.7. The van der Waals surface area contributed by atoms with Gasteiger partial charge in [-0.2, -0.15) is 0 Å². The van der Waals surface area contributed by atoms with Crippen molar-refractivity contribution in [2.24, 2.45) is 11.1 Å². The maximum Gasteiger partial charge on any atom is 0.0505 e. The lowest BCUT2D eigenvalue weighted by Gasteiger charge is -2.45. The van der Waals surface area contributed by atoms with Crippen LogP contribution < -0.4 is 5.73 Å². The summed E-state index contributed by atoms with van der Waals surface area (Å²) >= 11 is 0. The molecule has 3 N–H and O–H groups in total. The molecule has 1 fully saturated rings. The second-order valence-electron chi connectivity index (χ2n) is 4.77. The fraction of sp³-hybridized carbons (Fsp3) is 0.538. The van der Waals surface area contributed by atoms with Crippen LogP contribution in [0.5, 0.6) is 0 Å². The first-order valence-corrected chi connectivity index (χ1v) is 5.61. The van der Waals surface area contributed by atoms with Crippen LogP contribution in [0.2, 0.25) is 0 Å². The van der Waals surface area contributed by atoms with Gasteiger partial charge < -0.3 is 10.8 Å². The largest absolute Gasteiger partial charge is 0.396 e. The van der Waals surface area contributed by atoms with E-state index < -0.39 is 0 Å². The SMILES string of the molecule is Cc1cccc(C(N)C2(CO)CCC2)c1. The van der Waals surface area contributed by atoms with Crippen LogP contribution in [-0.4, -0.2) is 11.7 Å². The van der Waals surface area contributed by atoms with E-state index in [2.05, 4.69) is 25.1 Å². The van der Waals surface area contributed by atoms with Crippen molar-refractivity contribution in [3.05, 3.63) is 35.4 Å². The summed E-state index contributed by atoms with van der Waals surface area (Å²) in [6.07, 6.45) is 3.30. The van der Waals surface area contributed by atoms with Gasteiger partial charge in [-0.3, -0.25) is 0 Å². The Bertz CT molecular complexity index is 339. The Morgan fingerprint density at radius 2 is 2.20 bits per heavy atom. The van der Waals surface area contributed by atoms with Crippen LogP contribution in [0, 0.1) is 12.3 Å². The highest BCUT2D eigenvalue weighted by Crippen LogP contribution is 2.48. The minimum Gasteiger partial charge on any atom is -0.396 e. The predicted molar refractivity (Wildman–Crippen MR) is 61.5 cm³/mol. The van der Waals surface area contributed by atoms with Gasteiger partial charge in [-0.05, 0) is 25.3 Å². The van der Waals surface area contributed by atoms with Crippen molar-refractivity contribution < 1.29 is 5.11 Å². The highest BCUT2D eigenvalue weighted by atomic mass is 16.3. The standard InChI is InChI=1S/C13H19NO/c1-10-4-2-5-11(8-10)12(14)13(9-15)6-3-7-13/h2,4-5,8,12,15H,3,6-7,9,14H2,1H3. The lowest BCUT2D eigenvalue weighted by Crippen LogP contribution is -2.43. The van der Waals surface area contributed by atoms with Crippen LogP contribution in [0.4, 0.5) is 0 Å². The topological polar surface area (TPSA) is 46.2 Å². The monoisotopic (exact) mass is 205 g/mol. The van der Waals surface area contributed by atoms with Crippen LogP contribution in [0.25, 0.3) is 0 Å². The first-order valence-electron chi connectivity index (χ1n) is 5.61. The molecule has 0 aliphatic heterocycles. The van der Waals surface area contributed by atoms with E-state index in [-0.39, 0.29) is 18.1 Å². The molecule has 0 radical (unpaired) electrons. The molecule has 0 amide bonds. The van der Waals surface area contributed by atoms with Crippen LogP contribution in [0.3, 0.4) is 0 Å². The molecule has 1 aliphatic carbocycles. The molecule has 1 aromatic carbocycles. The first-order chi connectivity index (χ1) is 7.18. The molecule has 1 saturated carbocycles. The molecule has 2 heteroatoms. The zero-order valence-corrected chi connectivity index (χ0v) is 9.24. The van der Waals surface area contributed by atoms with E-state index >= 15 is 0 Å². The fourth-order valence-electron chi connectivity index (χ4n) is 2.42. The number of benzene rings is 1. The van der Waals surface area contributed by atoms with E-state index in [1.807, 2.05) is 6.07 Å². The number of hydrogen-bond donors (Lipinski definition) is 2. The molecule has 1 aliphatic rings. The second-order valence-corrected chi connectivity index (χ2v) is 4.77. The number of aryl methyl sites for hydroxylation is 1. The minimum atomic E-state index is -0.0478. The molecule has 15 heavy (non-hydrogen) atoms. The molecule has 2 rings (SSSR count). The predicted octanol–water partition coefficient (Wildman–Crippen LogP) is 2.16. The molecule has 82 valence electrons. The van der Waals surface area contributed by atoms with Crippen LogP contribution >= 0.6 is 0 Å². The summed E-state index contributed by atoms with van der Waals surface area (Å²) in [5.41, 5.74) is 8.59. The molecular formula is C13H19NO. The summed E-state index contributed by atoms with van der Waals surface area (Å²) < 4.78 is 0. The maximum atomic E-state index is 9.46. The molecular weight excluding hydrogens is 186 g/mol. The molecule has 0 aromatic heterocycles. The van der Waals surface area contributed by atoms with Gasteiger partial charge in [0.05, 0.1) is 6.61 Å². The molecule has 0 bridgehead atoms.